The summed E-state index contributed by atoms with van der Waals surface area (Å²) in [6.07, 6.45) is 1.42. The Balaban J connectivity index is 1.91. The summed E-state index contributed by atoms with van der Waals surface area (Å²) in [5, 5.41) is 16.5. The summed E-state index contributed by atoms with van der Waals surface area (Å²) in [6.45, 7) is 5.48. The molecule has 1 aromatic heterocycles. The number of carbonyl (C=O) groups is 2. The van der Waals surface area contributed by atoms with Gasteiger partial charge in [-0.3, -0.25) is 19.7 Å². The van der Waals surface area contributed by atoms with Crippen molar-refractivity contribution in [3.63, 3.8) is 0 Å². The average Bonchev–Trinajstić information content (AvgIpc) is 3.21. The van der Waals surface area contributed by atoms with Gasteiger partial charge in [-0.1, -0.05) is 30.3 Å². The normalized spacial score (nSPS) is 11.7. The number of amides is 2. The molecule has 0 atom stereocenters. The molecular formula is C24H23N3O5. The maximum absolute atomic E-state index is 12.8. The molecule has 164 valence electrons. The molecule has 1 heterocycles. The largest absolute Gasteiger partial charge is 0.457 e. The third-order valence-electron chi connectivity index (χ3n) is 4.27. The van der Waals surface area contributed by atoms with E-state index in [1.54, 1.807) is 54.6 Å². The van der Waals surface area contributed by atoms with Crippen molar-refractivity contribution in [1.82, 2.24) is 10.6 Å². The Morgan fingerprint density at radius 3 is 2.38 bits per heavy atom. The first-order valence-electron chi connectivity index (χ1n) is 9.88. The summed E-state index contributed by atoms with van der Waals surface area (Å²) >= 11 is 0. The van der Waals surface area contributed by atoms with Gasteiger partial charge in [0.15, 0.2) is 0 Å². The molecule has 0 aliphatic rings. The summed E-state index contributed by atoms with van der Waals surface area (Å²) in [7, 11) is 0. The van der Waals surface area contributed by atoms with E-state index in [4.69, 9.17) is 4.42 Å². The standard InChI is InChI=1S/C24H23N3O5/c1-24(2,3)26-23(29)20(25-22(28)16-8-5-4-6-9-16)15-19-12-13-21(32-19)17-10-7-11-18(14-17)27(30)31/h4-15H,1-3H3,(H,25,28)(H,26,29)/b20-15-. The number of carbonyl (C=O) groups excluding carboxylic acids is 2. The monoisotopic (exact) mass is 433 g/mol. The lowest BCUT2D eigenvalue weighted by atomic mass is 10.1. The fourth-order valence-corrected chi connectivity index (χ4v) is 2.85. The van der Waals surface area contributed by atoms with Crippen molar-refractivity contribution in [2.24, 2.45) is 0 Å². The van der Waals surface area contributed by atoms with E-state index in [1.165, 1.54) is 18.2 Å². The van der Waals surface area contributed by atoms with Crippen LogP contribution in [0.2, 0.25) is 0 Å². The maximum atomic E-state index is 12.8. The van der Waals surface area contributed by atoms with Crippen LogP contribution in [0.15, 0.2) is 76.8 Å². The topological polar surface area (TPSA) is 114 Å². The highest BCUT2D eigenvalue weighted by atomic mass is 16.6. The predicted octanol–water partition coefficient (Wildman–Crippen LogP) is 4.54. The summed E-state index contributed by atoms with van der Waals surface area (Å²) in [4.78, 5) is 36.0. The third kappa shape index (κ3) is 5.91. The van der Waals surface area contributed by atoms with Crippen LogP contribution >= 0.6 is 0 Å². The number of hydrogen-bond acceptors (Lipinski definition) is 5. The number of benzene rings is 2. The number of hydrogen-bond donors (Lipinski definition) is 2. The molecule has 0 spiro atoms. The van der Waals surface area contributed by atoms with Gasteiger partial charge in [0.2, 0.25) is 0 Å². The average molecular weight is 433 g/mol. The lowest BCUT2D eigenvalue weighted by molar-refractivity contribution is -0.384. The van der Waals surface area contributed by atoms with Gasteiger partial charge in [0, 0.05) is 34.9 Å². The SMILES string of the molecule is CC(C)(C)NC(=O)/C(=C/c1ccc(-c2cccc([N+](=O)[O-])c2)o1)NC(=O)c1ccccc1. The number of nitrogens with zero attached hydrogens (tertiary/aromatic N) is 1. The van der Waals surface area contributed by atoms with Crippen molar-refractivity contribution in [2.45, 2.75) is 26.3 Å². The van der Waals surface area contributed by atoms with Gasteiger partial charge in [0.25, 0.3) is 17.5 Å². The van der Waals surface area contributed by atoms with Gasteiger partial charge in [-0.2, -0.15) is 0 Å². The van der Waals surface area contributed by atoms with Gasteiger partial charge in [-0.25, -0.2) is 0 Å². The van der Waals surface area contributed by atoms with Crippen LogP contribution in [0.25, 0.3) is 17.4 Å². The van der Waals surface area contributed by atoms with Gasteiger partial charge in [0.1, 0.15) is 17.2 Å². The zero-order chi connectivity index (χ0) is 23.3. The highest BCUT2D eigenvalue weighted by molar-refractivity contribution is 6.05. The molecule has 2 N–H and O–H groups in total. The van der Waals surface area contributed by atoms with Crippen LogP contribution in [-0.2, 0) is 4.79 Å². The van der Waals surface area contributed by atoms with E-state index in [9.17, 15) is 19.7 Å². The first-order chi connectivity index (χ1) is 15.1. The molecular weight excluding hydrogens is 410 g/mol. The van der Waals surface area contributed by atoms with Crippen molar-refractivity contribution in [3.05, 3.63) is 93.9 Å². The van der Waals surface area contributed by atoms with Crippen LogP contribution in [-0.4, -0.2) is 22.3 Å². The highest BCUT2D eigenvalue weighted by Crippen LogP contribution is 2.26. The molecule has 2 aromatic carbocycles. The molecule has 3 aromatic rings. The number of nitro benzene ring substituents is 1. The molecule has 32 heavy (non-hydrogen) atoms. The van der Waals surface area contributed by atoms with Crippen LogP contribution in [0, 0.1) is 10.1 Å². The van der Waals surface area contributed by atoms with E-state index in [0.717, 1.165) is 0 Å². The summed E-state index contributed by atoms with van der Waals surface area (Å²) in [5.41, 5.74) is 0.349. The molecule has 8 heteroatoms. The quantitative estimate of drug-likeness (QED) is 0.336. The third-order valence-corrected chi connectivity index (χ3v) is 4.27. The minimum Gasteiger partial charge on any atom is -0.457 e. The van der Waals surface area contributed by atoms with E-state index in [0.29, 0.717) is 22.6 Å². The van der Waals surface area contributed by atoms with Crippen LogP contribution in [0.3, 0.4) is 0 Å². The molecule has 8 nitrogen and oxygen atoms in total. The summed E-state index contributed by atoms with van der Waals surface area (Å²) in [5.74, 6) is -0.217. The fourth-order valence-electron chi connectivity index (χ4n) is 2.85. The highest BCUT2D eigenvalue weighted by Gasteiger charge is 2.20. The number of rotatable bonds is 6. The lowest BCUT2D eigenvalue weighted by Gasteiger charge is -2.21. The molecule has 3 rings (SSSR count). The first-order valence-corrected chi connectivity index (χ1v) is 9.88. The van der Waals surface area contributed by atoms with Gasteiger partial charge in [-0.15, -0.1) is 0 Å². The number of nitro groups is 1. The molecule has 0 saturated heterocycles. The molecule has 0 bridgehead atoms. The van der Waals surface area contributed by atoms with E-state index < -0.39 is 22.3 Å². The zero-order valence-corrected chi connectivity index (χ0v) is 17.9. The number of non-ortho nitro benzene ring substituents is 1. The van der Waals surface area contributed by atoms with Crippen LogP contribution in [0.5, 0.6) is 0 Å². The predicted molar refractivity (Wildman–Crippen MR) is 121 cm³/mol. The van der Waals surface area contributed by atoms with Gasteiger partial charge < -0.3 is 15.1 Å². The first kappa shape index (κ1) is 22.5. The molecule has 0 fully saturated rings. The van der Waals surface area contributed by atoms with Crippen LogP contribution in [0.1, 0.15) is 36.9 Å². The van der Waals surface area contributed by atoms with Gasteiger partial charge in [-0.05, 0) is 45.0 Å². The van der Waals surface area contributed by atoms with Crippen molar-refractivity contribution in [3.8, 4) is 11.3 Å². The Hall–Kier alpha value is -4.20. The molecule has 0 aliphatic carbocycles. The maximum Gasteiger partial charge on any atom is 0.270 e. The van der Waals surface area contributed by atoms with E-state index >= 15 is 0 Å². The smallest absolute Gasteiger partial charge is 0.270 e. The van der Waals surface area contributed by atoms with Gasteiger partial charge in [0.05, 0.1) is 4.92 Å². The Morgan fingerprint density at radius 1 is 1.00 bits per heavy atom. The second-order valence-electron chi connectivity index (χ2n) is 8.09. The van der Waals surface area contributed by atoms with E-state index in [1.807, 2.05) is 20.8 Å². The van der Waals surface area contributed by atoms with Crippen molar-refractivity contribution >= 4 is 23.6 Å². The summed E-state index contributed by atoms with van der Waals surface area (Å²) < 4.78 is 5.77. The van der Waals surface area contributed by atoms with Crippen molar-refractivity contribution < 1.29 is 18.9 Å². The van der Waals surface area contributed by atoms with Crippen molar-refractivity contribution in [1.29, 1.82) is 0 Å². The Kier molecular flexibility index (Phi) is 6.53. The number of nitrogens with one attached hydrogen (secondary N) is 2. The minimum atomic E-state index is -0.523. The molecule has 0 radical (unpaired) electrons. The van der Waals surface area contributed by atoms with E-state index in [-0.39, 0.29) is 11.4 Å². The minimum absolute atomic E-state index is 0.00807. The fraction of sp³-hybridized carbons (Fsp3) is 0.167. The second-order valence-corrected chi connectivity index (χ2v) is 8.09. The van der Waals surface area contributed by atoms with Crippen LogP contribution < -0.4 is 10.6 Å². The van der Waals surface area contributed by atoms with Gasteiger partial charge >= 0.3 is 0 Å². The molecule has 0 unspecified atom stereocenters. The van der Waals surface area contributed by atoms with Crippen molar-refractivity contribution in [2.75, 3.05) is 0 Å². The Morgan fingerprint density at radius 2 is 1.72 bits per heavy atom. The summed E-state index contributed by atoms with van der Waals surface area (Å²) in [6, 6.07) is 17.8. The lowest BCUT2D eigenvalue weighted by Crippen LogP contribution is -2.44. The van der Waals surface area contributed by atoms with E-state index in [2.05, 4.69) is 10.6 Å². The Labute approximate surface area is 185 Å². The molecule has 0 aliphatic heterocycles. The van der Waals surface area contributed by atoms with Crippen LogP contribution in [0.4, 0.5) is 5.69 Å². The molecule has 0 saturated carbocycles. The number of furan rings is 1. The molecule has 2 amide bonds. The zero-order valence-electron chi connectivity index (χ0n) is 17.9. The second kappa shape index (κ2) is 9.30. The Bertz CT molecular complexity index is 1170.